The predicted octanol–water partition coefficient (Wildman–Crippen LogP) is 4.53. The van der Waals surface area contributed by atoms with Gasteiger partial charge in [0.05, 0.1) is 4.90 Å². The van der Waals surface area contributed by atoms with E-state index in [1.54, 1.807) is 0 Å². The van der Waals surface area contributed by atoms with E-state index < -0.39 is 21.5 Å². The van der Waals surface area contributed by atoms with Crippen molar-refractivity contribution in [3.05, 3.63) is 100 Å². The minimum atomic E-state index is -3.71. The molecule has 0 heterocycles. The number of sulfone groups is 1. The Kier molecular flexibility index (Phi) is 5.11. The van der Waals surface area contributed by atoms with Crippen LogP contribution in [0.25, 0.3) is 0 Å². The van der Waals surface area contributed by atoms with Crippen LogP contribution < -0.4 is 5.32 Å². The SMILES string of the molecule is O=C(CS(=O)(=O)c1ccc(Cl)cc1)NC[C@@H]1CC2c3ccccc3C1c1ccccc12. The van der Waals surface area contributed by atoms with E-state index in [4.69, 9.17) is 11.6 Å². The van der Waals surface area contributed by atoms with Crippen molar-refractivity contribution in [1.82, 2.24) is 5.32 Å². The first-order valence-corrected chi connectivity index (χ1v) is 12.4. The van der Waals surface area contributed by atoms with Gasteiger partial charge in [-0.25, -0.2) is 8.42 Å². The quantitative estimate of drug-likeness (QED) is 0.620. The molecule has 3 aliphatic carbocycles. The molecule has 0 spiro atoms. The molecule has 158 valence electrons. The average molecular weight is 452 g/mol. The Bertz CT molecular complexity index is 1210. The van der Waals surface area contributed by atoms with Crippen molar-refractivity contribution in [3.8, 4) is 0 Å². The van der Waals surface area contributed by atoms with Crippen LogP contribution in [0.5, 0.6) is 0 Å². The van der Waals surface area contributed by atoms with E-state index in [2.05, 4.69) is 53.8 Å². The summed E-state index contributed by atoms with van der Waals surface area (Å²) in [5, 5.41) is 3.35. The maximum absolute atomic E-state index is 12.6. The van der Waals surface area contributed by atoms with Crippen LogP contribution in [0.15, 0.2) is 77.7 Å². The zero-order valence-electron chi connectivity index (χ0n) is 16.8. The van der Waals surface area contributed by atoms with E-state index in [-0.39, 0.29) is 16.7 Å². The number of halogens is 1. The summed E-state index contributed by atoms with van der Waals surface area (Å²) in [6.07, 6.45) is 0.947. The lowest BCUT2D eigenvalue weighted by atomic mass is 9.59. The van der Waals surface area contributed by atoms with Crippen molar-refractivity contribution in [2.75, 3.05) is 12.3 Å². The standard InChI is InChI=1S/C25H22ClNO3S/c26-17-9-11-18(12-10-17)31(29,30)15-24(28)27-14-16-13-23-19-5-1-3-7-21(19)25(16)22-8-4-2-6-20(22)23/h1-12,16,23,25H,13-15H2,(H,27,28)/t16-,23?,25?/m0/s1. The molecule has 1 amide bonds. The number of hydrogen-bond donors (Lipinski definition) is 1. The normalized spacial score (nSPS) is 21.3. The van der Waals surface area contributed by atoms with Crippen LogP contribution in [-0.2, 0) is 14.6 Å². The van der Waals surface area contributed by atoms with Gasteiger partial charge in [0, 0.05) is 23.4 Å². The van der Waals surface area contributed by atoms with E-state index in [0.29, 0.717) is 17.5 Å². The van der Waals surface area contributed by atoms with Gasteiger partial charge in [-0.3, -0.25) is 4.79 Å². The van der Waals surface area contributed by atoms with Crippen LogP contribution in [-0.4, -0.2) is 26.6 Å². The molecule has 1 atom stereocenters. The number of amides is 1. The summed E-state index contributed by atoms with van der Waals surface area (Å²) in [5.74, 6) is -0.277. The summed E-state index contributed by atoms with van der Waals surface area (Å²) in [6.45, 7) is 0.457. The van der Waals surface area contributed by atoms with Crippen LogP contribution in [0.4, 0.5) is 0 Å². The van der Waals surface area contributed by atoms with Gasteiger partial charge in [0.25, 0.3) is 0 Å². The van der Waals surface area contributed by atoms with Crippen molar-refractivity contribution >= 4 is 27.3 Å². The molecule has 2 bridgehead atoms. The number of rotatable bonds is 5. The van der Waals surface area contributed by atoms with E-state index in [9.17, 15) is 13.2 Å². The van der Waals surface area contributed by atoms with Crippen molar-refractivity contribution < 1.29 is 13.2 Å². The van der Waals surface area contributed by atoms with Crippen LogP contribution >= 0.6 is 11.6 Å². The second-order valence-corrected chi connectivity index (χ2v) is 10.7. The fourth-order valence-electron chi connectivity index (χ4n) is 5.15. The lowest BCUT2D eigenvalue weighted by molar-refractivity contribution is -0.118. The third-order valence-electron chi connectivity index (χ3n) is 6.48. The van der Waals surface area contributed by atoms with Crippen LogP contribution in [0.3, 0.4) is 0 Å². The highest BCUT2D eigenvalue weighted by Crippen LogP contribution is 2.55. The molecule has 1 N–H and O–H groups in total. The van der Waals surface area contributed by atoms with Crippen molar-refractivity contribution in [1.29, 1.82) is 0 Å². The van der Waals surface area contributed by atoms with Crippen LogP contribution in [0, 0.1) is 5.92 Å². The van der Waals surface area contributed by atoms with E-state index in [1.165, 1.54) is 46.5 Å². The average Bonchev–Trinajstić information content (AvgIpc) is 2.78. The fraction of sp³-hybridized carbons (Fsp3) is 0.240. The molecule has 6 rings (SSSR count). The third kappa shape index (κ3) is 3.66. The molecule has 0 fully saturated rings. The van der Waals surface area contributed by atoms with Gasteiger partial charge >= 0.3 is 0 Å². The first kappa shape index (κ1) is 20.3. The van der Waals surface area contributed by atoms with Gasteiger partial charge in [0.1, 0.15) is 5.75 Å². The lowest BCUT2D eigenvalue weighted by Gasteiger charge is -2.45. The summed E-state index contributed by atoms with van der Waals surface area (Å²) >= 11 is 5.83. The smallest absolute Gasteiger partial charge is 0.235 e. The summed E-state index contributed by atoms with van der Waals surface area (Å²) in [4.78, 5) is 12.6. The molecule has 0 saturated carbocycles. The maximum Gasteiger partial charge on any atom is 0.235 e. The Morgan fingerprint density at radius 3 is 2.00 bits per heavy atom. The molecule has 3 aromatic rings. The minimum Gasteiger partial charge on any atom is -0.355 e. The van der Waals surface area contributed by atoms with E-state index in [1.807, 2.05) is 0 Å². The second kappa shape index (κ2) is 7.81. The van der Waals surface area contributed by atoms with Gasteiger partial charge in [-0.05, 0) is 58.9 Å². The maximum atomic E-state index is 12.6. The minimum absolute atomic E-state index is 0.103. The third-order valence-corrected chi connectivity index (χ3v) is 8.36. The van der Waals surface area contributed by atoms with Gasteiger partial charge in [0.15, 0.2) is 9.84 Å². The van der Waals surface area contributed by atoms with Gasteiger partial charge < -0.3 is 5.32 Å². The number of hydrogen-bond acceptors (Lipinski definition) is 3. The topological polar surface area (TPSA) is 63.2 Å². The highest BCUT2D eigenvalue weighted by Gasteiger charge is 2.42. The Morgan fingerprint density at radius 2 is 1.42 bits per heavy atom. The number of nitrogens with one attached hydrogen (secondary N) is 1. The Hall–Kier alpha value is -2.63. The first-order chi connectivity index (χ1) is 14.9. The summed E-state index contributed by atoms with van der Waals surface area (Å²) in [5.41, 5.74) is 5.40. The molecule has 3 aromatic carbocycles. The highest BCUT2D eigenvalue weighted by molar-refractivity contribution is 7.92. The Morgan fingerprint density at radius 1 is 0.871 bits per heavy atom. The first-order valence-electron chi connectivity index (χ1n) is 10.4. The predicted molar refractivity (Wildman–Crippen MR) is 121 cm³/mol. The highest BCUT2D eigenvalue weighted by atomic mass is 35.5. The molecule has 6 heteroatoms. The molecule has 3 aliphatic rings. The summed E-state index contributed by atoms with van der Waals surface area (Å²) in [7, 11) is -3.71. The number of carbonyl (C=O) groups excluding carboxylic acids is 1. The number of carbonyl (C=O) groups is 1. The van der Waals surface area contributed by atoms with Gasteiger partial charge in [0.2, 0.25) is 5.91 Å². The van der Waals surface area contributed by atoms with Gasteiger partial charge in [-0.2, -0.15) is 0 Å². The van der Waals surface area contributed by atoms with Gasteiger partial charge in [-0.15, -0.1) is 0 Å². The second-order valence-electron chi connectivity index (χ2n) is 8.30. The molecule has 4 nitrogen and oxygen atoms in total. The molecule has 0 saturated heterocycles. The van der Waals surface area contributed by atoms with Crippen LogP contribution in [0.1, 0.15) is 40.5 Å². The zero-order chi connectivity index (χ0) is 21.6. The molecule has 0 aliphatic heterocycles. The van der Waals surface area contributed by atoms with Gasteiger partial charge in [-0.1, -0.05) is 60.1 Å². The lowest BCUT2D eigenvalue weighted by Crippen LogP contribution is -2.40. The van der Waals surface area contributed by atoms with E-state index in [0.717, 1.165) is 6.42 Å². The zero-order valence-corrected chi connectivity index (χ0v) is 18.4. The monoisotopic (exact) mass is 451 g/mol. The molecular formula is C25H22ClNO3S. The summed E-state index contributed by atoms with van der Waals surface area (Å²) in [6, 6.07) is 23.0. The number of benzene rings is 3. The number of fused-ring (bicyclic) bond motifs is 1. The summed E-state index contributed by atoms with van der Waals surface area (Å²) < 4.78 is 25.1. The largest absolute Gasteiger partial charge is 0.355 e. The molecule has 31 heavy (non-hydrogen) atoms. The molecular weight excluding hydrogens is 430 g/mol. The van der Waals surface area contributed by atoms with E-state index >= 15 is 0 Å². The Balaban J connectivity index is 1.33. The Labute approximate surface area is 187 Å². The van der Waals surface area contributed by atoms with Crippen LogP contribution in [0.2, 0.25) is 5.02 Å². The fourth-order valence-corrected chi connectivity index (χ4v) is 6.44. The molecule has 0 radical (unpaired) electrons. The van der Waals surface area contributed by atoms with Crippen molar-refractivity contribution in [3.63, 3.8) is 0 Å². The van der Waals surface area contributed by atoms with Crippen molar-refractivity contribution in [2.24, 2.45) is 5.92 Å². The van der Waals surface area contributed by atoms with Crippen molar-refractivity contribution in [2.45, 2.75) is 23.2 Å². The molecule has 0 unspecified atom stereocenters. The molecule has 0 aromatic heterocycles.